The molecular formula is C19H27N5O2S2. The second-order valence-corrected chi connectivity index (χ2v) is 11.1. The zero-order valence-electron chi connectivity index (χ0n) is 16.4. The molecule has 1 unspecified atom stereocenters. The smallest absolute Gasteiger partial charge is 0.217 e. The van der Waals surface area contributed by atoms with Gasteiger partial charge in [0.25, 0.3) is 0 Å². The minimum Gasteiger partial charge on any atom is -0.316 e. The Morgan fingerprint density at radius 3 is 2.61 bits per heavy atom. The van der Waals surface area contributed by atoms with Crippen LogP contribution in [0.1, 0.15) is 67.4 Å². The summed E-state index contributed by atoms with van der Waals surface area (Å²) in [4.78, 5) is 14.5. The zero-order valence-corrected chi connectivity index (χ0v) is 18.0. The molecule has 0 spiro atoms. The summed E-state index contributed by atoms with van der Waals surface area (Å²) in [5, 5.41) is 3.78. The van der Waals surface area contributed by atoms with E-state index in [-0.39, 0.29) is 11.3 Å². The lowest BCUT2D eigenvalue weighted by Crippen LogP contribution is -2.39. The van der Waals surface area contributed by atoms with Crippen molar-refractivity contribution in [1.29, 1.82) is 0 Å². The molecule has 1 aliphatic carbocycles. The lowest BCUT2D eigenvalue weighted by molar-refractivity contribution is 0.369. The SMILES string of the molecule is Cc1nc(Nc2ncc(C)s2)cc(C2CCCN2S(=O)(=O)C2CCCCC2)n1. The Balaban J connectivity index is 1.60. The highest BCUT2D eigenvalue weighted by atomic mass is 32.2. The molecule has 2 aromatic rings. The van der Waals surface area contributed by atoms with E-state index in [9.17, 15) is 8.42 Å². The number of thiazole rings is 1. The molecule has 0 amide bonds. The van der Waals surface area contributed by atoms with Gasteiger partial charge in [-0.05, 0) is 39.5 Å². The number of sulfonamides is 1. The van der Waals surface area contributed by atoms with Crippen molar-refractivity contribution in [3.8, 4) is 0 Å². The van der Waals surface area contributed by atoms with Crippen LogP contribution in [0.15, 0.2) is 12.3 Å². The Hall–Kier alpha value is -1.58. The van der Waals surface area contributed by atoms with Crippen molar-refractivity contribution in [2.45, 2.75) is 70.1 Å². The van der Waals surface area contributed by atoms with E-state index < -0.39 is 10.0 Å². The van der Waals surface area contributed by atoms with Crippen molar-refractivity contribution in [1.82, 2.24) is 19.3 Å². The van der Waals surface area contributed by atoms with Gasteiger partial charge in [-0.25, -0.2) is 23.4 Å². The molecule has 152 valence electrons. The lowest BCUT2D eigenvalue weighted by Gasteiger charge is -2.30. The fourth-order valence-electron chi connectivity index (χ4n) is 4.24. The van der Waals surface area contributed by atoms with Gasteiger partial charge in [-0.15, -0.1) is 11.3 Å². The summed E-state index contributed by atoms with van der Waals surface area (Å²) in [6, 6.07) is 1.68. The molecule has 3 heterocycles. The van der Waals surface area contributed by atoms with E-state index in [0.29, 0.717) is 18.2 Å². The number of nitrogens with one attached hydrogen (secondary N) is 1. The number of anilines is 2. The summed E-state index contributed by atoms with van der Waals surface area (Å²) in [7, 11) is -3.30. The summed E-state index contributed by atoms with van der Waals surface area (Å²) in [6.07, 6.45) is 8.22. The fourth-order valence-corrected chi connectivity index (χ4v) is 7.18. The average Bonchev–Trinajstić information content (AvgIpc) is 3.31. The number of hydrogen-bond acceptors (Lipinski definition) is 7. The molecule has 7 nitrogen and oxygen atoms in total. The highest BCUT2D eigenvalue weighted by Gasteiger charge is 2.40. The maximum Gasteiger partial charge on any atom is 0.217 e. The van der Waals surface area contributed by atoms with E-state index in [2.05, 4.69) is 20.3 Å². The molecule has 4 rings (SSSR count). The zero-order chi connectivity index (χ0) is 19.7. The van der Waals surface area contributed by atoms with Gasteiger partial charge >= 0.3 is 0 Å². The van der Waals surface area contributed by atoms with E-state index >= 15 is 0 Å². The molecule has 1 atom stereocenters. The summed E-state index contributed by atoms with van der Waals surface area (Å²) < 4.78 is 28.3. The van der Waals surface area contributed by atoms with Gasteiger partial charge < -0.3 is 5.32 Å². The normalized spacial score (nSPS) is 21.9. The van der Waals surface area contributed by atoms with Crippen molar-refractivity contribution in [3.05, 3.63) is 28.7 Å². The van der Waals surface area contributed by atoms with Gasteiger partial charge in [-0.1, -0.05) is 19.3 Å². The maximum absolute atomic E-state index is 13.3. The Morgan fingerprint density at radius 1 is 1.11 bits per heavy atom. The lowest BCUT2D eigenvalue weighted by atomic mass is 10.0. The van der Waals surface area contributed by atoms with Crippen LogP contribution >= 0.6 is 11.3 Å². The molecule has 2 fully saturated rings. The Labute approximate surface area is 170 Å². The minimum absolute atomic E-state index is 0.202. The van der Waals surface area contributed by atoms with Crippen LogP contribution in [0.5, 0.6) is 0 Å². The highest BCUT2D eigenvalue weighted by molar-refractivity contribution is 7.89. The first-order valence-corrected chi connectivity index (χ1v) is 12.3. The summed E-state index contributed by atoms with van der Waals surface area (Å²) in [6.45, 7) is 4.43. The highest BCUT2D eigenvalue weighted by Crippen LogP contribution is 2.38. The molecule has 1 aliphatic heterocycles. The maximum atomic E-state index is 13.3. The molecular weight excluding hydrogens is 394 g/mol. The van der Waals surface area contributed by atoms with Gasteiger partial charge in [0, 0.05) is 23.7 Å². The molecule has 2 aliphatic rings. The van der Waals surface area contributed by atoms with Gasteiger partial charge in [-0.2, -0.15) is 4.31 Å². The van der Waals surface area contributed by atoms with E-state index in [1.165, 1.54) is 0 Å². The standard InChI is InChI=1S/C19H27N5O2S2/c1-13-12-20-19(27-13)23-18-11-16(21-14(2)22-18)17-9-6-10-24(17)28(25,26)15-7-4-3-5-8-15/h11-12,15,17H,3-10H2,1-2H3,(H,20,21,22,23). The van der Waals surface area contributed by atoms with E-state index in [1.807, 2.05) is 26.1 Å². The van der Waals surface area contributed by atoms with Crippen LogP contribution < -0.4 is 5.32 Å². The molecule has 1 saturated carbocycles. The molecule has 28 heavy (non-hydrogen) atoms. The largest absolute Gasteiger partial charge is 0.316 e. The Morgan fingerprint density at radius 2 is 1.89 bits per heavy atom. The van der Waals surface area contributed by atoms with E-state index in [1.54, 1.807) is 15.6 Å². The first kappa shape index (κ1) is 19.7. The molecule has 0 radical (unpaired) electrons. The summed E-state index contributed by atoms with van der Waals surface area (Å²) in [5.41, 5.74) is 0.778. The monoisotopic (exact) mass is 421 g/mol. The number of nitrogens with zero attached hydrogens (tertiary/aromatic N) is 4. The second-order valence-electron chi connectivity index (χ2n) is 7.70. The number of aromatic nitrogens is 3. The first-order valence-electron chi connectivity index (χ1n) is 9.99. The number of hydrogen-bond donors (Lipinski definition) is 1. The molecule has 1 N–H and O–H groups in total. The van der Waals surface area contributed by atoms with Crippen molar-refractivity contribution >= 4 is 32.3 Å². The van der Waals surface area contributed by atoms with Gasteiger partial charge in [0.1, 0.15) is 11.6 Å². The topological polar surface area (TPSA) is 88.1 Å². The van der Waals surface area contributed by atoms with Crippen molar-refractivity contribution in [2.75, 3.05) is 11.9 Å². The van der Waals surface area contributed by atoms with Crippen molar-refractivity contribution < 1.29 is 8.42 Å². The van der Waals surface area contributed by atoms with Crippen LogP contribution in [0.3, 0.4) is 0 Å². The van der Waals surface area contributed by atoms with Crippen molar-refractivity contribution in [3.63, 3.8) is 0 Å². The minimum atomic E-state index is -3.30. The van der Waals surface area contributed by atoms with Crippen molar-refractivity contribution in [2.24, 2.45) is 0 Å². The van der Waals surface area contributed by atoms with Crippen LogP contribution in [0.4, 0.5) is 10.9 Å². The van der Waals surface area contributed by atoms with E-state index in [0.717, 1.165) is 60.6 Å². The first-order chi connectivity index (χ1) is 13.4. The number of rotatable bonds is 5. The van der Waals surface area contributed by atoms with Gasteiger partial charge in [0.2, 0.25) is 10.0 Å². The van der Waals surface area contributed by atoms with Crippen LogP contribution in [-0.4, -0.2) is 39.5 Å². The van der Waals surface area contributed by atoms with Crippen LogP contribution in [-0.2, 0) is 10.0 Å². The van der Waals surface area contributed by atoms with Crippen LogP contribution in [0.2, 0.25) is 0 Å². The van der Waals surface area contributed by atoms with E-state index in [4.69, 9.17) is 0 Å². The summed E-state index contributed by atoms with van der Waals surface area (Å²) >= 11 is 1.56. The number of aryl methyl sites for hydroxylation is 2. The molecule has 0 bridgehead atoms. The van der Waals surface area contributed by atoms with Gasteiger partial charge in [-0.3, -0.25) is 0 Å². The summed E-state index contributed by atoms with van der Waals surface area (Å²) in [5.74, 6) is 1.30. The third-order valence-corrected chi connectivity index (χ3v) is 8.79. The quantitative estimate of drug-likeness (QED) is 0.782. The van der Waals surface area contributed by atoms with Crippen LogP contribution in [0, 0.1) is 13.8 Å². The second kappa shape index (κ2) is 8.04. The molecule has 1 saturated heterocycles. The van der Waals surface area contributed by atoms with Crippen LogP contribution in [0.25, 0.3) is 0 Å². The third-order valence-electron chi connectivity index (χ3n) is 5.56. The fraction of sp³-hybridized carbons (Fsp3) is 0.632. The molecule has 9 heteroatoms. The molecule has 2 aromatic heterocycles. The predicted molar refractivity (Wildman–Crippen MR) is 111 cm³/mol. The average molecular weight is 422 g/mol. The Kier molecular flexibility index (Phi) is 5.66. The predicted octanol–water partition coefficient (Wildman–Crippen LogP) is 4.09. The van der Waals surface area contributed by atoms with Gasteiger partial charge in [0.15, 0.2) is 5.13 Å². The van der Waals surface area contributed by atoms with Gasteiger partial charge in [0.05, 0.1) is 17.0 Å². The third kappa shape index (κ3) is 4.06. The molecule has 0 aromatic carbocycles. The Bertz CT molecular complexity index is 938.